The maximum Gasteiger partial charge on any atom is 0.269 e. The van der Waals surface area contributed by atoms with E-state index in [1.807, 2.05) is 0 Å². The summed E-state index contributed by atoms with van der Waals surface area (Å²) in [6, 6.07) is 2.61. The molecule has 0 aromatic rings. The Labute approximate surface area is 423 Å². The van der Waals surface area contributed by atoms with Gasteiger partial charge in [0.25, 0.3) is 1.45 Å². The first-order valence-electron chi connectivity index (χ1n) is 27.1. The van der Waals surface area contributed by atoms with Crippen LogP contribution < -0.4 is 20.5 Å². The molecule has 4 saturated heterocycles. The fraction of sp³-hybridized carbons (Fsp3) is 0.980. The number of hydrogen-bond acceptors (Lipinski definition) is 14. The van der Waals surface area contributed by atoms with Crippen molar-refractivity contribution < 1.29 is 21.6 Å². The number of nitrogens with one attached hydrogen (secondary N) is 3. The first-order chi connectivity index (χ1) is 33.0. The SMILES string of the molecule is C.CN1CCN(C2(C#N)CCCCC2)CC1.CN1CCN(C2(CN)CCCCC2)CC1.CN1CCN(C2(CNS(C)(=O)=O)CCCCC2)CC1.CS(=O)(=O)NCC1(N2CCNCC2)CCCCC1.[3H]F. The summed E-state index contributed by atoms with van der Waals surface area (Å²) >= 11 is 0. The highest BCUT2D eigenvalue weighted by Crippen LogP contribution is 2.37. The molecule has 0 amide bonds. The van der Waals surface area contributed by atoms with Crippen LogP contribution in [0.5, 0.6) is 0 Å². The van der Waals surface area contributed by atoms with Crippen molar-refractivity contribution in [3.05, 3.63) is 0 Å². The molecule has 0 bridgehead atoms. The average Bonchev–Trinajstić information content (AvgIpc) is 3.38. The predicted molar refractivity (Wildman–Crippen MR) is 285 cm³/mol. The highest BCUT2D eigenvalue weighted by atomic mass is 32.2. The first kappa shape index (κ1) is 60.4. The van der Waals surface area contributed by atoms with Gasteiger partial charge in [0.15, 0.2) is 0 Å². The Bertz CT molecular complexity index is 1680. The third-order valence-corrected chi connectivity index (χ3v) is 18.5. The maximum absolute atomic E-state index is 11.4. The summed E-state index contributed by atoms with van der Waals surface area (Å²) in [6.45, 7) is 19.6. The Morgan fingerprint density at radius 3 is 1.12 bits per heavy atom. The molecule has 69 heavy (non-hydrogen) atoms. The lowest BCUT2D eigenvalue weighted by molar-refractivity contribution is 0.0171. The van der Waals surface area contributed by atoms with Gasteiger partial charge in [-0.1, -0.05) is 84.5 Å². The van der Waals surface area contributed by atoms with Crippen LogP contribution >= 0.6 is 0 Å². The summed E-state index contributed by atoms with van der Waals surface area (Å²) in [7, 11) is 0.341. The van der Waals surface area contributed by atoms with E-state index in [2.05, 4.69) is 77.7 Å². The standard InChI is InChI=1S/C13H27N3O2S.C12H25N3O2S.C12H25N3.C12H21N3.CH4.FH/c1-15-8-10-16(11-9-15)13(6-4-3-5-7-13)12-14-19(2,17)18;1-18(16,17)14-11-12(5-3-2-4-6-12)15-9-7-13-8-10-15;2*1-14-7-9-15(10-8-14)12(11-13)5-3-2-4-6-12;;/h14H,3-12H2,1-2H3;13-14H,2-11H2,1H3;2-11,13H2,1H3;2-10H2,1H3;1H4;1H/i/hT. The highest BCUT2D eigenvalue weighted by Gasteiger charge is 2.42. The quantitative estimate of drug-likeness (QED) is 0.235. The van der Waals surface area contributed by atoms with Crippen LogP contribution in [0.1, 0.15) is 136 Å². The van der Waals surface area contributed by atoms with Crippen LogP contribution in [0.25, 0.3) is 0 Å². The van der Waals surface area contributed by atoms with Gasteiger partial charge in [-0.3, -0.25) is 24.3 Å². The number of nitrogens with two attached hydrogens (primary N) is 1. The van der Waals surface area contributed by atoms with Crippen molar-refractivity contribution in [3.8, 4) is 6.07 Å². The molecule has 8 aliphatic rings. The van der Waals surface area contributed by atoms with Gasteiger partial charge < -0.3 is 25.8 Å². The molecular weight excluding hydrogens is 916 g/mol. The van der Waals surface area contributed by atoms with E-state index in [-0.39, 0.29) is 24.0 Å². The number of likely N-dealkylation sites (N-methyl/N-ethyl adjacent to an activating group) is 3. The second-order valence-corrected chi connectivity index (χ2v) is 25.7. The summed E-state index contributed by atoms with van der Waals surface area (Å²) in [6.07, 6.45) is 27.2. The molecule has 0 aromatic heterocycles. The van der Waals surface area contributed by atoms with Gasteiger partial charge in [0.1, 0.15) is 5.54 Å². The molecule has 4 aliphatic carbocycles. The Morgan fingerprint density at radius 1 is 0.507 bits per heavy atom. The normalized spacial score (nSPS) is 26.7. The van der Waals surface area contributed by atoms with E-state index in [0.29, 0.717) is 18.6 Å². The second-order valence-electron chi connectivity index (χ2n) is 22.1. The highest BCUT2D eigenvalue weighted by molar-refractivity contribution is 7.89. The Kier molecular flexibility index (Phi) is 26.0. The van der Waals surface area contributed by atoms with Gasteiger partial charge in [0.05, 0.1) is 18.6 Å². The van der Waals surface area contributed by atoms with E-state index in [1.54, 1.807) is 0 Å². The van der Waals surface area contributed by atoms with Gasteiger partial charge in [-0.05, 0) is 72.5 Å². The smallest absolute Gasteiger partial charge is 0.269 e. The lowest BCUT2D eigenvalue weighted by atomic mass is 9.80. The summed E-state index contributed by atoms with van der Waals surface area (Å²) in [5.41, 5.74) is 6.41. The molecule has 16 nitrogen and oxygen atoms in total. The molecule has 8 rings (SSSR count). The molecule has 406 valence electrons. The Morgan fingerprint density at radius 2 is 0.797 bits per heavy atom. The van der Waals surface area contributed by atoms with Gasteiger partial charge in [0.2, 0.25) is 20.0 Å². The monoisotopic (exact) mass is 1020 g/mol. The van der Waals surface area contributed by atoms with Crippen LogP contribution in [0, 0.1) is 11.3 Å². The van der Waals surface area contributed by atoms with E-state index in [4.69, 9.17) is 10.5 Å². The zero-order chi connectivity index (χ0) is 50.4. The molecule has 0 atom stereocenters. The van der Waals surface area contributed by atoms with Crippen molar-refractivity contribution in [2.45, 2.75) is 158 Å². The van der Waals surface area contributed by atoms with Crippen molar-refractivity contribution in [2.75, 3.05) is 158 Å². The number of rotatable bonds is 11. The predicted octanol–water partition coefficient (Wildman–Crippen LogP) is 3.77. The first-order valence-corrected chi connectivity index (χ1v) is 30.5. The summed E-state index contributed by atoms with van der Waals surface area (Å²) < 4.78 is 64.0. The van der Waals surface area contributed by atoms with Gasteiger partial charge in [-0.2, -0.15) is 5.26 Å². The number of nitriles is 1. The van der Waals surface area contributed by atoms with E-state index in [0.717, 1.165) is 124 Å². The zero-order valence-corrected chi connectivity index (χ0v) is 45.2. The van der Waals surface area contributed by atoms with Gasteiger partial charge in [-0.25, -0.2) is 26.3 Å². The lowest BCUT2D eigenvalue weighted by Gasteiger charge is -2.49. The average molecular weight is 1020 g/mol. The van der Waals surface area contributed by atoms with Gasteiger partial charge >= 0.3 is 0 Å². The number of sulfonamides is 2. The molecule has 4 heterocycles. The molecule has 4 saturated carbocycles. The van der Waals surface area contributed by atoms with Gasteiger partial charge in [0, 0.05) is 141 Å². The molecular formula is C50H103FN12O4S2. The van der Waals surface area contributed by atoms with E-state index in [1.165, 1.54) is 129 Å². The Hall–Kier alpha value is -1.12. The van der Waals surface area contributed by atoms with Crippen molar-refractivity contribution in [3.63, 3.8) is 0 Å². The third kappa shape index (κ3) is 19.3. The van der Waals surface area contributed by atoms with Crippen molar-refractivity contribution >= 4 is 20.0 Å². The number of hydrogen-bond donors (Lipinski definition) is 4. The molecule has 0 radical (unpaired) electrons. The minimum absolute atomic E-state index is 0. The number of piperazine rings is 4. The largest absolute Gasteiger partial charge is 0.329 e. The van der Waals surface area contributed by atoms with Crippen LogP contribution in [0.2, 0.25) is 0 Å². The molecule has 0 aromatic carbocycles. The third-order valence-electron chi connectivity index (χ3n) is 17.2. The number of nitrogens with zero attached hydrogens (tertiary/aromatic N) is 8. The zero-order valence-electron chi connectivity index (χ0n) is 44.6. The summed E-state index contributed by atoms with van der Waals surface area (Å²) in [4.78, 5) is 17.3. The molecule has 8 fully saturated rings. The van der Waals surface area contributed by atoms with E-state index >= 15 is 0 Å². The van der Waals surface area contributed by atoms with E-state index in [9.17, 15) is 22.1 Å². The van der Waals surface area contributed by atoms with E-state index < -0.39 is 20.0 Å². The summed E-state index contributed by atoms with van der Waals surface area (Å²) in [5, 5.41) is 12.8. The molecule has 19 heteroatoms. The van der Waals surface area contributed by atoms with Crippen molar-refractivity contribution in [1.82, 2.24) is 49.1 Å². The molecule has 5 N–H and O–H groups in total. The minimum Gasteiger partial charge on any atom is -0.329 e. The molecule has 0 spiro atoms. The minimum atomic E-state index is -3.10. The molecule has 0 unspecified atom stereocenters. The topological polar surface area (TPSA) is 177 Å². The fourth-order valence-corrected chi connectivity index (χ4v) is 13.7. The molecule has 4 aliphatic heterocycles. The van der Waals surface area contributed by atoms with Crippen molar-refractivity contribution in [2.24, 2.45) is 5.73 Å². The maximum atomic E-state index is 11.4. The van der Waals surface area contributed by atoms with Crippen LogP contribution in [0.3, 0.4) is 0 Å². The van der Waals surface area contributed by atoms with Crippen LogP contribution in [0.15, 0.2) is 0 Å². The van der Waals surface area contributed by atoms with Crippen LogP contribution in [-0.4, -0.2) is 233 Å². The number of halogens is 1. The Balaban J connectivity index is 0.000000244. The van der Waals surface area contributed by atoms with Gasteiger partial charge in [-0.15, -0.1) is 0 Å². The summed E-state index contributed by atoms with van der Waals surface area (Å²) in [5.74, 6) is 0. The lowest BCUT2D eigenvalue weighted by Crippen LogP contribution is -2.61. The second kappa shape index (κ2) is 29.7. The van der Waals surface area contributed by atoms with Crippen molar-refractivity contribution in [1.29, 1.82) is 6.71 Å². The fourth-order valence-electron chi connectivity index (χ4n) is 12.6. The van der Waals surface area contributed by atoms with Crippen LogP contribution in [-0.2, 0) is 20.0 Å². The van der Waals surface area contributed by atoms with Crippen LogP contribution in [0.4, 0.5) is 4.72 Å².